The lowest BCUT2D eigenvalue weighted by Crippen LogP contribution is -2.54. The van der Waals surface area contributed by atoms with Crippen molar-refractivity contribution in [1.82, 2.24) is 14.9 Å². The Labute approximate surface area is 202 Å². The fourth-order valence-electron chi connectivity index (χ4n) is 4.45. The molecule has 1 aliphatic rings. The smallest absolute Gasteiger partial charge is 0.318 e. The molecule has 0 bridgehead atoms. The number of nitrogens with one attached hydrogen (secondary N) is 1. The molecule has 1 N–H and O–H groups in total. The normalized spacial score (nSPS) is 15.3. The number of carbonyl (C=O) groups is 3. The molecule has 3 heterocycles. The van der Waals surface area contributed by atoms with Crippen LogP contribution in [0, 0.1) is 27.7 Å². The number of urea groups is 1. The Kier molecular flexibility index (Phi) is 5.32. The second-order valence-electron chi connectivity index (χ2n) is 8.77. The van der Waals surface area contributed by atoms with E-state index >= 15 is 0 Å². The van der Waals surface area contributed by atoms with Gasteiger partial charge in [0.15, 0.2) is 0 Å². The van der Waals surface area contributed by atoms with Crippen LogP contribution in [0.1, 0.15) is 28.1 Å². The lowest BCUT2D eigenvalue weighted by atomic mass is 10.1. The third kappa shape index (κ3) is 3.81. The molecular formula is C28H24N4O3. The maximum atomic E-state index is 13.3. The summed E-state index contributed by atoms with van der Waals surface area (Å²) in [5.41, 5.74) is 6.72. The predicted molar refractivity (Wildman–Crippen MR) is 135 cm³/mol. The third-order valence-corrected chi connectivity index (χ3v) is 6.47. The molecule has 0 radical (unpaired) electrons. The van der Waals surface area contributed by atoms with Gasteiger partial charge in [0, 0.05) is 28.7 Å². The topological polar surface area (TPSA) is 84.3 Å². The second kappa shape index (κ2) is 8.36. The van der Waals surface area contributed by atoms with Crippen molar-refractivity contribution in [2.45, 2.75) is 27.7 Å². The Morgan fingerprint density at radius 1 is 0.857 bits per heavy atom. The molecule has 174 valence electrons. The number of anilines is 1. The zero-order valence-electron chi connectivity index (χ0n) is 19.9. The molecule has 1 saturated heterocycles. The average molecular weight is 465 g/mol. The van der Waals surface area contributed by atoms with Gasteiger partial charge in [-0.3, -0.25) is 19.9 Å². The Bertz CT molecular complexity index is 1580. The van der Waals surface area contributed by atoms with E-state index in [0.717, 1.165) is 49.6 Å². The minimum absolute atomic E-state index is 0.0919. The van der Waals surface area contributed by atoms with Crippen LogP contribution in [-0.2, 0) is 9.59 Å². The Morgan fingerprint density at radius 2 is 1.63 bits per heavy atom. The lowest BCUT2D eigenvalue weighted by molar-refractivity contribution is -0.122. The molecule has 4 aromatic rings. The number of amides is 4. The largest absolute Gasteiger partial charge is 0.335 e. The molecule has 7 heteroatoms. The monoisotopic (exact) mass is 464 g/mol. The van der Waals surface area contributed by atoms with Crippen molar-refractivity contribution in [3.63, 3.8) is 0 Å². The van der Waals surface area contributed by atoms with E-state index in [-0.39, 0.29) is 5.57 Å². The third-order valence-electron chi connectivity index (χ3n) is 6.47. The molecule has 4 amide bonds. The van der Waals surface area contributed by atoms with Crippen molar-refractivity contribution in [2.75, 3.05) is 4.90 Å². The molecule has 1 aliphatic heterocycles. The fourth-order valence-corrected chi connectivity index (χ4v) is 4.45. The van der Waals surface area contributed by atoms with Crippen molar-refractivity contribution in [3.05, 3.63) is 94.4 Å². The standard InChI is InChI=1S/C28H24N4O3/c1-16-7-8-22(12-17(16)2)32-27(34)24(26(33)30-28(32)35)15-21-13-18(3)31(19(21)4)23-9-10-25-20(14-23)6-5-11-29-25/h5-15H,1-4H3,(H,30,33,35)/b24-15+. The van der Waals surface area contributed by atoms with Crippen molar-refractivity contribution in [1.29, 1.82) is 0 Å². The number of benzene rings is 2. The van der Waals surface area contributed by atoms with Crippen LogP contribution in [-0.4, -0.2) is 27.4 Å². The number of aryl methyl sites for hydroxylation is 3. The highest BCUT2D eigenvalue weighted by molar-refractivity contribution is 6.39. The number of imide groups is 2. The SMILES string of the molecule is Cc1ccc(N2C(=O)NC(=O)/C(=C\c3cc(C)n(-c4ccc5ncccc5c4)c3C)C2=O)cc1C. The van der Waals surface area contributed by atoms with Crippen molar-refractivity contribution < 1.29 is 14.4 Å². The average Bonchev–Trinajstić information content (AvgIpc) is 3.11. The molecule has 2 aromatic heterocycles. The maximum absolute atomic E-state index is 13.3. The summed E-state index contributed by atoms with van der Waals surface area (Å²) < 4.78 is 2.07. The summed E-state index contributed by atoms with van der Waals surface area (Å²) in [6.07, 6.45) is 3.32. The van der Waals surface area contributed by atoms with Gasteiger partial charge in [0.05, 0.1) is 11.2 Å². The number of fused-ring (bicyclic) bond motifs is 1. The first-order chi connectivity index (χ1) is 16.7. The first-order valence-corrected chi connectivity index (χ1v) is 11.3. The molecule has 0 aliphatic carbocycles. The lowest BCUT2D eigenvalue weighted by Gasteiger charge is -2.26. The summed E-state index contributed by atoms with van der Waals surface area (Å²) >= 11 is 0. The van der Waals surface area contributed by atoms with E-state index in [2.05, 4.69) is 20.9 Å². The van der Waals surface area contributed by atoms with E-state index in [1.54, 1.807) is 24.4 Å². The summed E-state index contributed by atoms with van der Waals surface area (Å²) in [7, 11) is 0. The minimum Gasteiger partial charge on any atom is -0.318 e. The van der Waals surface area contributed by atoms with Gasteiger partial charge >= 0.3 is 6.03 Å². The zero-order valence-corrected chi connectivity index (χ0v) is 19.9. The number of barbiturate groups is 1. The molecular weight excluding hydrogens is 440 g/mol. The van der Waals surface area contributed by atoms with Gasteiger partial charge in [0.25, 0.3) is 11.8 Å². The van der Waals surface area contributed by atoms with Crippen LogP contribution in [0.2, 0.25) is 0 Å². The van der Waals surface area contributed by atoms with E-state index in [9.17, 15) is 14.4 Å². The van der Waals surface area contributed by atoms with E-state index in [1.807, 2.05) is 64.1 Å². The highest BCUT2D eigenvalue weighted by atomic mass is 16.2. The Balaban J connectivity index is 1.56. The second-order valence-corrected chi connectivity index (χ2v) is 8.77. The molecule has 7 nitrogen and oxygen atoms in total. The molecule has 0 spiro atoms. The van der Waals surface area contributed by atoms with Crippen LogP contribution in [0.25, 0.3) is 22.7 Å². The quantitative estimate of drug-likeness (QED) is 0.344. The van der Waals surface area contributed by atoms with E-state index < -0.39 is 17.8 Å². The number of hydrogen-bond acceptors (Lipinski definition) is 4. The Morgan fingerprint density at radius 3 is 2.40 bits per heavy atom. The van der Waals surface area contributed by atoms with E-state index in [1.165, 1.54) is 0 Å². The van der Waals surface area contributed by atoms with Crippen molar-refractivity contribution >= 4 is 40.5 Å². The van der Waals surface area contributed by atoms with Gasteiger partial charge in [0.2, 0.25) is 0 Å². The van der Waals surface area contributed by atoms with Gasteiger partial charge in [-0.15, -0.1) is 0 Å². The van der Waals surface area contributed by atoms with Crippen LogP contribution in [0.3, 0.4) is 0 Å². The number of carbonyl (C=O) groups excluding carboxylic acids is 3. The van der Waals surface area contributed by atoms with Gasteiger partial charge in [-0.25, -0.2) is 9.69 Å². The zero-order chi connectivity index (χ0) is 24.9. The van der Waals surface area contributed by atoms with E-state index in [0.29, 0.717) is 5.69 Å². The summed E-state index contributed by atoms with van der Waals surface area (Å²) in [5.74, 6) is -1.36. The summed E-state index contributed by atoms with van der Waals surface area (Å²) in [6, 6.07) is 16.4. The summed E-state index contributed by atoms with van der Waals surface area (Å²) in [5, 5.41) is 3.32. The number of pyridine rings is 1. The first kappa shape index (κ1) is 22.3. The highest BCUT2D eigenvalue weighted by Crippen LogP contribution is 2.28. The van der Waals surface area contributed by atoms with Gasteiger partial charge in [-0.1, -0.05) is 12.1 Å². The molecule has 5 rings (SSSR count). The molecule has 0 unspecified atom stereocenters. The highest BCUT2D eigenvalue weighted by Gasteiger charge is 2.37. The van der Waals surface area contributed by atoms with Gasteiger partial charge < -0.3 is 4.57 Å². The molecule has 0 atom stereocenters. The van der Waals surface area contributed by atoms with Gasteiger partial charge in [0.1, 0.15) is 5.57 Å². The van der Waals surface area contributed by atoms with Gasteiger partial charge in [-0.05, 0) is 92.9 Å². The molecule has 1 fully saturated rings. The van der Waals surface area contributed by atoms with Crippen LogP contribution in [0.4, 0.5) is 10.5 Å². The maximum Gasteiger partial charge on any atom is 0.335 e. The summed E-state index contributed by atoms with van der Waals surface area (Å²) in [4.78, 5) is 44.0. The first-order valence-electron chi connectivity index (χ1n) is 11.3. The molecule has 0 saturated carbocycles. The fraction of sp³-hybridized carbons (Fsp3) is 0.143. The Hall–Kier alpha value is -4.52. The van der Waals surface area contributed by atoms with Gasteiger partial charge in [-0.2, -0.15) is 0 Å². The molecule has 2 aromatic carbocycles. The van der Waals surface area contributed by atoms with Crippen molar-refractivity contribution in [2.24, 2.45) is 0 Å². The van der Waals surface area contributed by atoms with Crippen LogP contribution in [0.5, 0.6) is 0 Å². The number of hydrogen-bond donors (Lipinski definition) is 1. The number of nitrogens with zero attached hydrogens (tertiary/aromatic N) is 3. The summed E-state index contributed by atoms with van der Waals surface area (Å²) in [6.45, 7) is 7.76. The van der Waals surface area contributed by atoms with E-state index in [4.69, 9.17) is 0 Å². The van der Waals surface area contributed by atoms with Crippen LogP contribution < -0.4 is 10.2 Å². The predicted octanol–water partition coefficient (Wildman–Crippen LogP) is 4.93. The molecule has 35 heavy (non-hydrogen) atoms. The van der Waals surface area contributed by atoms with Crippen molar-refractivity contribution in [3.8, 4) is 5.69 Å². The number of aromatic nitrogens is 2. The number of rotatable bonds is 3. The van der Waals surface area contributed by atoms with Crippen LogP contribution in [0.15, 0.2) is 66.4 Å². The van der Waals surface area contributed by atoms with Crippen LogP contribution >= 0.6 is 0 Å². The minimum atomic E-state index is -0.754.